The van der Waals surface area contributed by atoms with Crippen LogP contribution in [-0.2, 0) is 19.6 Å². The molecule has 0 amide bonds. The average Bonchev–Trinajstić information content (AvgIpc) is 3.35. The molecule has 204 valence electrons. The van der Waals surface area contributed by atoms with Crippen molar-refractivity contribution in [1.82, 2.24) is 14.5 Å². The maximum Gasteiger partial charge on any atom is 0.140 e. The van der Waals surface area contributed by atoms with E-state index in [2.05, 4.69) is 101 Å². The molecular weight excluding hydrogens is 478 g/mol. The molecule has 1 aliphatic carbocycles. The van der Waals surface area contributed by atoms with E-state index < -0.39 is 0 Å². The molecule has 39 heavy (non-hydrogen) atoms. The van der Waals surface area contributed by atoms with Crippen molar-refractivity contribution in [2.75, 3.05) is 13.7 Å². The zero-order valence-electron chi connectivity index (χ0n) is 23.7. The quantitative estimate of drug-likeness (QED) is 0.187. The lowest BCUT2D eigenvalue weighted by Gasteiger charge is -2.31. The number of rotatable bonds is 12. The fourth-order valence-corrected chi connectivity index (χ4v) is 6.04. The molecule has 1 fully saturated rings. The Balaban J connectivity index is 1.58. The highest BCUT2D eigenvalue weighted by Gasteiger charge is 2.24. The fourth-order valence-electron chi connectivity index (χ4n) is 6.04. The normalized spacial score (nSPS) is 14.1. The van der Waals surface area contributed by atoms with Crippen LogP contribution in [0.4, 0.5) is 0 Å². The van der Waals surface area contributed by atoms with Crippen molar-refractivity contribution in [3.8, 4) is 28.4 Å². The van der Waals surface area contributed by atoms with Crippen LogP contribution in [0, 0.1) is 5.92 Å². The van der Waals surface area contributed by atoms with Crippen molar-refractivity contribution in [2.45, 2.75) is 71.5 Å². The van der Waals surface area contributed by atoms with Crippen LogP contribution in [0.25, 0.3) is 22.6 Å². The van der Waals surface area contributed by atoms with Crippen molar-refractivity contribution in [3.63, 3.8) is 0 Å². The van der Waals surface area contributed by atoms with Crippen LogP contribution in [0.5, 0.6) is 5.75 Å². The third-order valence-electron chi connectivity index (χ3n) is 8.09. The highest BCUT2D eigenvalue weighted by molar-refractivity contribution is 5.68. The standard InChI is InChI=1S/C35H43N3O/c1-3-4-24-38-32(34(29-18-10-6-11-19-29)36-35(38)30-20-12-7-13-21-30)27-37(25-28-16-8-5-9-17-28)26-31-22-14-15-23-33(31)39-2/h6-7,10-15,18-23,28H,3-5,8-9,16-17,24-27H2,1-2H3. The van der Waals surface area contributed by atoms with E-state index in [0.717, 1.165) is 62.2 Å². The minimum Gasteiger partial charge on any atom is -0.496 e. The van der Waals surface area contributed by atoms with Crippen molar-refractivity contribution < 1.29 is 4.74 Å². The molecule has 4 heteroatoms. The second-order valence-corrected chi connectivity index (χ2v) is 11.0. The molecule has 4 aromatic rings. The van der Waals surface area contributed by atoms with Gasteiger partial charge in [0.2, 0.25) is 0 Å². The van der Waals surface area contributed by atoms with Crippen LogP contribution in [0.1, 0.15) is 63.1 Å². The fraction of sp³-hybridized carbons (Fsp3) is 0.400. The smallest absolute Gasteiger partial charge is 0.140 e. The Labute approximate surface area is 234 Å². The predicted molar refractivity (Wildman–Crippen MR) is 162 cm³/mol. The summed E-state index contributed by atoms with van der Waals surface area (Å²) in [5.41, 5.74) is 6.05. The van der Waals surface area contributed by atoms with E-state index in [4.69, 9.17) is 9.72 Å². The molecule has 3 aromatic carbocycles. The second kappa shape index (κ2) is 13.6. The van der Waals surface area contributed by atoms with E-state index in [1.807, 2.05) is 0 Å². The number of imidazole rings is 1. The van der Waals surface area contributed by atoms with Gasteiger partial charge in [-0.05, 0) is 31.2 Å². The first kappa shape index (κ1) is 27.2. The second-order valence-electron chi connectivity index (χ2n) is 11.0. The summed E-state index contributed by atoms with van der Waals surface area (Å²) >= 11 is 0. The minimum absolute atomic E-state index is 0.745. The molecule has 0 radical (unpaired) electrons. The Morgan fingerprint density at radius 1 is 0.821 bits per heavy atom. The molecule has 0 N–H and O–H groups in total. The van der Waals surface area contributed by atoms with Crippen LogP contribution in [0.2, 0.25) is 0 Å². The Morgan fingerprint density at radius 2 is 1.49 bits per heavy atom. The molecular formula is C35H43N3O. The van der Waals surface area contributed by atoms with Gasteiger partial charge >= 0.3 is 0 Å². The van der Waals surface area contributed by atoms with Crippen LogP contribution < -0.4 is 4.74 Å². The van der Waals surface area contributed by atoms with Crippen LogP contribution in [0.3, 0.4) is 0 Å². The molecule has 0 unspecified atom stereocenters. The predicted octanol–water partition coefficient (Wildman–Crippen LogP) is 8.61. The topological polar surface area (TPSA) is 30.3 Å². The SMILES string of the molecule is CCCCn1c(-c2ccccc2)nc(-c2ccccc2)c1CN(Cc1ccccc1OC)CC1CCCCC1. The van der Waals surface area contributed by atoms with E-state index in [1.165, 1.54) is 54.5 Å². The molecule has 0 atom stereocenters. The molecule has 1 aromatic heterocycles. The number of benzene rings is 3. The molecule has 0 bridgehead atoms. The largest absolute Gasteiger partial charge is 0.496 e. The van der Waals surface area contributed by atoms with Gasteiger partial charge in [0.25, 0.3) is 0 Å². The van der Waals surface area contributed by atoms with Crippen molar-refractivity contribution in [1.29, 1.82) is 0 Å². The zero-order chi connectivity index (χ0) is 26.9. The Hall–Kier alpha value is -3.37. The molecule has 4 nitrogen and oxygen atoms in total. The van der Waals surface area contributed by atoms with Gasteiger partial charge < -0.3 is 9.30 Å². The van der Waals surface area contributed by atoms with E-state index in [9.17, 15) is 0 Å². The number of aromatic nitrogens is 2. The Kier molecular flexibility index (Phi) is 9.50. The monoisotopic (exact) mass is 521 g/mol. The van der Waals surface area contributed by atoms with Crippen LogP contribution >= 0.6 is 0 Å². The summed E-state index contributed by atoms with van der Waals surface area (Å²) in [6.07, 6.45) is 9.04. The van der Waals surface area contributed by atoms with Gasteiger partial charge in [0.05, 0.1) is 18.5 Å². The zero-order valence-corrected chi connectivity index (χ0v) is 23.7. The van der Waals surface area contributed by atoms with Crippen molar-refractivity contribution >= 4 is 0 Å². The van der Waals surface area contributed by atoms with Gasteiger partial charge in [-0.3, -0.25) is 4.90 Å². The van der Waals surface area contributed by atoms with Gasteiger partial charge in [0.1, 0.15) is 11.6 Å². The van der Waals surface area contributed by atoms with Crippen molar-refractivity contribution in [2.24, 2.45) is 5.92 Å². The first-order valence-electron chi connectivity index (χ1n) is 14.8. The molecule has 1 aliphatic rings. The summed E-state index contributed by atoms with van der Waals surface area (Å²) in [7, 11) is 1.78. The number of methoxy groups -OCH3 is 1. The van der Waals surface area contributed by atoms with E-state index in [1.54, 1.807) is 7.11 Å². The minimum atomic E-state index is 0.745. The molecule has 5 rings (SSSR count). The summed E-state index contributed by atoms with van der Waals surface area (Å²) in [4.78, 5) is 8.02. The van der Waals surface area contributed by atoms with Gasteiger partial charge in [0.15, 0.2) is 0 Å². The molecule has 1 heterocycles. The molecule has 0 aliphatic heterocycles. The highest BCUT2D eigenvalue weighted by atomic mass is 16.5. The van der Waals surface area contributed by atoms with Crippen molar-refractivity contribution in [3.05, 3.63) is 96.2 Å². The van der Waals surface area contributed by atoms with E-state index in [0.29, 0.717) is 0 Å². The van der Waals surface area contributed by atoms with Gasteiger partial charge in [-0.1, -0.05) is 111 Å². The van der Waals surface area contributed by atoms with Crippen LogP contribution in [0.15, 0.2) is 84.9 Å². The summed E-state index contributed by atoms with van der Waals surface area (Å²) in [6.45, 7) is 6.08. The number of hydrogen-bond donors (Lipinski definition) is 0. The Morgan fingerprint density at radius 3 is 2.18 bits per heavy atom. The van der Waals surface area contributed by atoms with Gasteiger partial charge in [-0.2, -0.15) is 0 Å². The highest BCUT2D eigenvalue weighted by Crippen LogP contribution is 2.33. The number of hydrogen-bond acceptors (Lipinski definition) is 3. The van der Waals surface area contributed by atoms with E-state index >= 15 is 0 Å². The average molecular weight is 522 g/mol. The first-order chi connectivity index (χ1) is 19.3. The maximum absolute atomic E-state index is 5.77. The van der Waals surface area contributed by atoms with Crippen LogP contribution in [-0.4, -0.2) is 28.1 Å². The number of unbranched alkanes of at least 4 members (excludes halogenated alkanes) is 1. The third-order valence-corrected chi connectivity index (χ3v) is 8.09. The first-order valence-corrected chi connectivity index (χ1v) is 14.8. The number of nitrogens with zero attached hydrogens (tertiary/aromatic N) is 3. The lowest BCUT2D eigenvalue weighted by atomic mass is 9.88. The molecule has 0 spiro atoms. The lowest BCUT2D eigenvalue weighted by molar-refractivity contribution is 0.182. The number of para-hydroxylation sites is 1. The van der Waals surface area contributed by atoms with Gasteiger partial charge in [-0.15, -0.1) is 0 Å². The van der Waals surface area contributed by atoms with Gasteiger partial charge in [0, 0.05) is 42.9 Å². The van der Waals surface area contributed by atoms with E-state index in [-0.39, 0.29) is 0 Å². The molecule has 0 saturated heterocycles. The third kappa shape index (κ3) is 6.80. The summed E-state index contributed by atoms with van der Waals surface area (Å²) in [5.74, 6) is 2.79. The number of ether oxygens (including phenoxy) is 1. The lowest BCUT2D eigenvalue weighted by Crippen LogP contribution is -2.31. The summed E-state index contributed by atoms with van der Waals surface area (Å²) in [6, 6.07) is 30.0. The molecule has 1 saturated carbocycles. The maximum atomic E-state index is 5.77. The summed E-state index contributed by atoms with van der Waals surface area (Å²) < 4.78 is 8.29. The summed E-state index contributed by atoms with van der Waals surface area (Å²) in [5, 5.41) is 0. The Bertz CT molecular complexity index is 1290. The van der Waals surface area contributed by atoms with Gasteiger partial charge in [-0.25, -0.2) is 4.98 Å².